The van der Waals surface area contributed by atoms with Crippen molar-refractivity contribution in [1.82, 2.24) is 5.32 Å². The van der Waals surface area contributed by atoms with Crippen molar-refractivity contribution in [1.29, 1.82) is 0 Å². The molecule has 0 aliphatic carbocycles. The second-order valence-corrected chi connectivity index (χ2v) is 6.98. The number of alkyl carbamates (subject to hydrolysis) is 1. The Hall–Kier alpha value is -1.35. The highest BCUT2D eigenvalue weighted by atomic mass is 127. The van der Waals surface area contributed by atoms with E-state index in [-0.39, 0.29) is 12.5 Å². The van der Waals surface area contributed by atoms with Crippen LogP contribution in [0.1, 0.15) is 33.3 Å². The molecule has 0 heterocycles. The zero-order valence-electron chi connectivity index (χ0n) is 13.1. The molecule has 1 rings (SSSR count). The molecule has 0 saturated carbocycles. The Labute approximate surface area is 143 Å². The molecule has 1 atom stereocenters. The van der Waals surface area contributed by atoms with Crippen molar-refractivity contribution in [2.45, 2.75) is 45.9 Å². The molecular formula is C15H21IN2O4. The minimum absolute atomic E-state index is 0.0525. The van der Waals surface area contributed by atoms with E-state index in [4.69, 9.17) is 9.84 Å². The second-order valence-electron chi connectivity index (χ2n) is 5.82. The summed E-state index contributed by atoms with van der Waals surface area (Å²) in [4.78, 5) is 23.7. The lowest BCUT2D eigenvalue weighted by Crippen LogP contribution is -2.43. The maximum Gasteiger partial charge on any atom is 0.408 e. The van der Waals surface area contributed by atoms with Gasteiger partial charge in [0.15, 0.2) is 0 Å². The fraction of sp³-hybridized carbons (Fsp3) is 0.467. The lowest BCUT2D eigenvalue weighted by molar-refractivity contribution is -0.117. The molecule has 0 saturated heterocycles. The van der Waals surface area contributed by atoms with Crippen molar-refractivity contribution in [3.05, 3.63) is 27.3 Å². The van der Waals surface area contributed by atoms with Crippen LogP contribution in [-0.2, 0) is 16.1 Å². The van der Waals surface area contributed by atoms with Gasteiger partial charge < -0.3 is 20.5 Å². The van der Waals surface area contributed by atoms with E-state index >= 15 is 0 Å². The van der Waals surface area contributed by atoms with Gasteiger partial charge in [-0.3, -0.25) is 4.79 Å². The number of carbonyl (C=O) groups excluding carboxylic acids is 2. The van der Waals surface area contributed by atoms with Crippen molar-refractivity contribution in [3.8, 4) is 0 Å². The zero-order chi connectivity index (χ0) is 16.9. The van der Waals surface area contributed by atoms with Gasteiger partial charge in [0.25, 0.3) is 0 Å². The first kappa shape index (κ1) is 18.7. The van der Waals surface area contributed by atoms with Crippen molar-refractivity contribution in [3.63, 3.8) is 0 Å². The number of hydrogen-bond donors (Lipinski definition) is 3. The van der Waals surface area contributed by atoms with Gasteiger partial charge in [0.2, 0.25) is 5.91 Å². The summed E-state index contributed by atoms with van der Waals surface area (Å²) in [5.74, 6) is -0.349. The maximum atomic E-state index is 12.0. The first-order chi connectivity index (χ1) is 10.1. The summed E-state index contributed by atoms with van der Waals surface area (Å²) in [6.07, 6.45) is -0.639. The van der Waals surface area contributed by atoms with Gasteiger partial charge in [0.05, 0.1) is 6.61 Å². The normalized spacial score (nSPS) is 12.5. The van der Waals surface area contributed by atoms with Gasteiger partial charge in [-0.15, -0.1) is 0 Å². The highest BCUT2D eigenvalue weighted by molar-refractivity contribution is 14.1. The molecule has 22 heavy (non-hydrogen) atoms. The lowest BCUT2D eigenvalue weighted by atomic mass is 10.2. The number of aliphatic hydroxyl groups excluding tert-OH is 1. The Morgan fingerprint density at radius 3 is 2.50 bits per heavy atom. The Kier molecular flexibility index (Phi) is 6.61. The molecule has 0 radical (unpaired) electrons. The van der Waals surface area contributed by atoms with Crippen LogP contribution in [0.2, 0.25) is 0 Å². The minimum atomic E-state index is -0.731. The Morgan fingerprint density at radius 1 is 1.36 bits per heavy atom. The highest BCUT2D eigenvalue weighted by Crippen LogP contribution is 2.18. The van der Waals surface area contributed by atoms with Crippen molar-refractivity contribution in [2.24, 2.45) is 0 Å². The molecule has 0 fully saturated rings. The third-order valence-electron chi connectivity index (χ3n) is 2.62. The zero-order valence-corrected chi connectivity index (χ0v) is 15.2. The summed E-state index contributed by atoms with van der Waals surface area (Å²) in [6, 6.07) is 4.46. The van der Waals surface area contributed by atoms with E-state index in [0.717, 1.165) is 9.13 Å². The van der Waals surface area contributed by atoms with Crippen LogP contribution in [0.4, 0.5) is 10.5 Å². The largest absolute Gasteiger partial charge is 0.444 e. The first-order valence-corrected chi connectivity index (χ1v) is 7.90. The molecule has 7 heteroatoms. The Morgan fingerprint density at radius 2 is 2.00 bits per heavy atom. The number of ether oxygens (including phenoxy) is 1. The summed E-state index contributed by atoms with van der Waals surface area (Å²) in [7, 11) is 0. The number of amides is 2. The maximum absolute atomic E-state index is 12.0. The number of carbonyl (C=O) groups is 2. The first-order valence-electron chi connectivity index (χ1n) is 6.82. The van der Waals surface area contributed by atoms with E-state index < -0.39 is 17.7 Å². The van der Waals surface area contributed by atoms with Crippen LogP contribution in [0.15, 0.2) is 18.2 Å². The van der Waals surface area contributed by atoms with Crippen molar-refractivity contribution in [2.75, 3.05) is 5.32 Å². The molecule has 0 aliphatic rings. The van der Waals surface area contributed by atoms with Gasteiger partial charge in [-0.2, -0.15) is 0 Å². The minimum Gasteiger partial charge on any atom is -0.444 e. The number of hydrogen-bond acceptors (Lipinski definition) is 4. The molecule has 0 spiro atoms. The predicted molar refractivity (Wildman–Crippen MR) is 92.5 cm³/mol. The highest BCUT2D eigenvalue weighted by Gasteiger charge is 2.21. The number of benzene rings is 1. The van der Waals surface area contributed by atoms with Crippen LogP contribution in [-0.4, -0.2) is 28.7 Å². The molecule has 2 amide bonds. The van der Waals surface area contributed by atoms with E-state index in [1.54, 1.807) is 45.9 Å². The molecule has 0 unspecified atom stereocenters. The summed E-state index contributed by atoms with van der Waals surface area (Å²) in [5.41, 5.74) is 0.777. The third kappa shape index (κ3) is 6.18. The Bertz CT molecular complexity index is 555. The molecule has 0 aliphatic heterocycles. The molecule has 1 aromatic rings. The quantitative estimate of drug-likeness (QED) is 0.654. The average Bonchev–Trinajstić information content (AvgIpc) is 2.36. The van der Waals surface area contributed by atoms with Crippen LogP contribution in [0, 0.1) is 3.57 Å². The van der Waals surface area contributed by atoms with E-state index in [1.165, 1.54) is 0 Å². The molecular weight excluding hydrogens is 399 g/mol. The van der Waals surface area contributed by atoms with Crippen LogP contribution in [0.5, 0.6) is 0 Å². The number of aliphatic hydroxyl groups is 1. The van der Waals surface area contributed by atoms with Crippen molar-refractivity contribution < 1.29 is 19.4 Å². The van der Waals surface area contributed by atoms with Gasteiger partial charge in [-0.25, -0.2) is 4.79 Å². The molecule has 1 aromatic carbocycles. The second kappa shape index (κ2) is 7.77. The van der Waals surface area contributed by atoms with E-state index in [2.05, 4.69) is 33.2 Å². The van der Waals surface area contributed by atoms with Crippen LogP contribution < -0.4 is 10.6 Å². The van der Waals surface area contributed by atoms with Gasteiger partial charge >= 0.3 is 6.09 Å². The summed E-state index contributed by atoms with van der Waals surface area (Å²) < 4.78 is 5.95. The molecule has 3 N–H and O–H groups in total. The smallest absolute Gasteiger partial charge is 0.408 e. The predicted octanol–water partition coefficient (Wildman–Crippen LogP) is 2.64. The number of nitrogens with one attached hydrogen (secondary N) is 2. The van der Waals surface area contributed by atoms with Crippen LogP contribution >= 0.6 is 22.6 Å². The lowest BCUT2D eigenvalue weighted by Gasteiger charge is -2.21. The van der Waals surface area contributed by atoms with E-state index in [9.17, 15) is 9.59 Å². The van der Waals surface area contributed by atoms with Gasteiger partial charge in [-0.1, -0.05) is 6.07 Å². The van der Waals surface area contributed by atoms with Gasteiger partial charge in [0, 0.05) is 9.26 Å². The fourth-order valence-electron chi connectivity index (χ4n) is 1.55. The van der Waals surface area contributed by atoms with E-state index in [1.807, 2.05) is 0 Å². The average molecular weight is 420 g/mol. The van der Waals surface area contributed by atoms with Crippen LogP contribution in [0.3, 0.4) is 0 Å². The third-order valence-corrected chi connectivity index (χ3v) is 3.62. The van der Waals surface area contributed by atoms with E-state index in [0.29, 0.717) is 5.69 Å². The standard InChI is InChI=1S/C15H21IN2O4/c1-9(17-14(21)22-15(2,3)4)13(20)18-11-6-5-10(8-19)12(16)7-11/h5-7,9,19H,8H2,1-4H3,(H,17,21)(H,18,20)/t9-/m0/s1. The summed E-state index contributed by atoms with van der Waals surface area (Å²) in [5, 5.41) is 14.3. The number of anilines is 1. The van der Waals surface area contributed by atoms with Crippen LogP contribution in [0.25, 0.3) is 0 Å². The van der Waals surface area contributed by atoms with Gasteiger partial charge in [0.1, 0.15) is 11.6 Å². The Balaban J connectivity index is 2.61. The SMILES string of the molecule is C[C@H](NC(=O)OC(C)(C)C)C(=O)Nc1ccc(CO)c(I)c1. The molecule has 6 nitrogen and oxygen atoms in total. The fourth-order valence-corrected chi connectivity index (χ4v) is 2.24. The number of halogens is 1. The monoisotopic (exact) mass is 420 g/mol. The summed E-state index contributed by atoms with van der Waals surface area (Å²) in [6.45, 7) is 6.78. The number of rotatable bonds is 4. The molecule has 0 aromatic heterocycles. The summed E-state index contributed by atoms with van der Waals surface area (Å²) >= 11 is 2.08. The topological polar surface area (TPSA) is 87.7 Å². The molecule has 122 valence electrons. The molecule has 0 bridgehead atoms. The van der Waals surface area contributed by atoms with Crippen molar-refractivity contribution >= 4 is 40.3 Å². The van der Waals surface area contributed by atoms with Gasteiger partial charge in [-0.05, 0) is 68.0 Å².